The Morgan fingerprint density at radius 2 is 2.18 bits per heavy atom. The molecule has 8 nitrogen and oxygen atoms in total. The fourth-order valence-electron chi connectivity index (χ4n) is 3.41. The van der Waals surface area contributed by atoms with Crippen LogP contribution in [0.2, 0.25) is 5.02 Å². The molecular formula is C18H18ClN3O5S. The standard InChI is InChI=1S/C18H18ClN3O5S/c1-26-15-4-2-12(19)7-16(15)28(24,25)21-13-6-11-9-22-14(3-5-17(22)23)10-27-18(11)20-8-13/h2,4,6-8,14,21H,3,5,9-10H2,1H3/t14-/m0/s1. The molecule has 0 spiro atoms. The van der Waals surface area contributed by atoms with E-state index in [1.54, 1.807) is 17.0 Å². The molecule has 2 aromatic rings. The Balaban J connectivity index is 1.64. The number of nitrogens with zero attached hydrogens (tertiary/aromatic N) is 2. The van der Waals surface area contributed by atoms with E-state index in [0.29, 0.717) is 31.0 Å². The van der Waals surface area contributed by atoms with Gasteiger partial charge in [-0.15, -0.1) is 0 Å². The Bertz CT molecular complexity index is 1040. The van der Waals surface area contributed by atoms with Gasteiger partial charge in [0.1, 0.15) is 17.3 Å². The molecule has 0 unspecified atom stereocenters. The summed E-state index contributed by atoms with van der Waals surface area (Å²) in [4.78, 5) is 18.0. The molecule has 1 amide bonds. The fourth-order valence-corrected chi connectivity index (χ4v) is 4.88. The molecule has 1 N–H and O–H groups in total. The number of rotatable bonds is 4. The van der Waals surface area contributed by atoms with Gasteiger partial charge in [-0.3, -0.25) is 9.52 Å². The van der Waals surface area contributed by atoms with Gasteiger partial charge in [0.2, 0.25) is 11.8 Å². The van der Waals surface area contributed by atoms with Crippen LogP contribution in [0.15, 0.2) is 35.4 Å². The number of carbonyl (C=O) groups excluding carboxylic acids is 1. The summed E-state index contributed by atoms with van der Waals surface area (Å²) < 4.78 is 39.0. The lowest BCUT2D eigenvalue weighted by molar-refractivity contribution is -0.129. The van der Waals surface area contributed by atoms with Crippen LogP contribution in [0.1, 0.15) is 18.4 Å². The molecule has 2 aliphatic heterocycles. The maximum Gasteiger partial charge on any atom is 0.265 e. The van der Waals surface area contributed by atoms with Crippen molar-refractivity contribution in [2.45, 2.75) is 30.3 Å². The van der Waals surface area contributed by atoms with Gasteiger partial charge < -0.3 is 14.4 Å². The van der Waals surface area contributed by atoms with Crippen molar-refractivity contribution in [3.8, 4) is 11.6 Å². The molecule has 28 heavy (non-hydrogen) atoms. The third kappa shape index (κ3) is 3.47. The number of hydrogen-bond donors (Lipinski definition) is 1. The summed E-state index contributed by atoms with van der Waals surface area (Å²) in [6.07, 6.45) is 2.63. The van der Waals surface area contributed by atoms with Crippen molar-refractivity contribution in [2.24, 2.45) is 0 Å². The highest BCUT2D eigenvalue weighted by Gasteiger charge is 2.34. The van der Waals surface area contributed by atoms with Crippen LogP contribution >= 0.6 is 11.6 Å². The lowest BCUT2D eigenvalue weighted by Crippen LogP contribution is -2.34. The van der Waals surface area contributed by atoms with Crippen LogP contribution in [-0.2, 0) is 21.4 Å². The zero-order valence-corrected chi connectivity index (χ0v) is 16.6. The van der Waals surface area contributed by atoms with Gasteiger partial charge in [-0.1, -0.05) is 11.6 Å². The van der Waals surface area contributed by atoms with Crippen molar-refractivity contribution < 1.29 is 22.7 Å². The van der Waals surface area contributed by atoms with E-state index in [0.717, 1.165) is 6.42 Å². The van der Waals surface area contributed by atoms with E-state index in [4.69, 9.17) is 21.1 Å². The van der Waals surface area contributed by atoms with Gasteiger partial charge >= 0.3 is 0 Å². The number of methoxy groups -OCH3 is 1. The molecular weight excluding hydrogens is 406 g/mol. The monoisotopic (exact) mass is 423 g/mol. The second-order valence-corrected chi connectivity index (χ2v) is 8.70. The molecule has 1 aromatic heterocycles. The van der Waals surface area contributed by atoms with Crippen LogP contribution in [0.5, 0.6) is 11.6 Å². The molecule has 2 aliphatic rings. The molecule has 0 saturated carbocycles. The first kappa shape index (κ1) is 18.8. The fraction of sp³-hybridized carbons (Fsp3) is 0.333. The van der Waals surface area contributed by atoms with Crippen LogP contribution in [0.3, 0.4) is 0 Å². The predicted octanol–water partition coefficient (Wildman–Crippen LogP) is 2.43. The lowest BCUT2D eigenvalue weighted by atomic mass is 10.2. The second kappa shape index (κ2) is 7.14. The predicted molar refractivity (Wildman–Crippen MR) is 102 cm³/mol. The number of carbonyl (C=O) groups is 1. The highest BCUT2D eigenvalue weighted by Crippen LogP contribution is 2.32. The van der Waals surface area contributed by atoms with E-state index in [9.17, 15) is 13.2 Å². The minimum Gasteiger partial charge on any atom is -0.495 e. The van der Waals surface area contributed by atoms with Gasteiger partial charge in [-0.2, -0.15) is 0 Å². The molecule has 148 valence electrons. The smallest absolute Gasteiger partial charge is 0.265 e. The van der Waals surface area contributed by atoms with Crippen molar-refractivity contribution >= 4 is 33.2 Å². The molecule has 1 saturated heterocycles. The van der Waals surface area contributed by atoms with Crippen LogP contribution in [-0.4, -0.2) is 44.0 Å². The highest BCUT2D eigenvalue weighted by molar-refractivity contribution is 7.92. The first-order chi connectivity index (χ1) is 13.4. The number of ether oxygens (including phenoxy) is 2. The first-order valence-corrected chi connectivity index (χ1v) is 10.5. The zero-order valence-electron chi connectivity index (χ0n) is 15.0. The number of amides is 1. The topological polar surface area (TPSA) is 97.8 Å². The lowest BCUT2D eigenvalue weighted by Gasteiger charge is -2.20. The molecule has 0 radical (unpaired) electrons. The summed E-state index contributed by atoms with van der Waals surface area (Å²) in [5.74, 6) is 0.648. The van der Waals surface area contributed by atoms with Gasteiger partial charge in [-0.05, 0) is 30.7 Å². The minimum atomic E-state index is -3.96. The SMILES string of the molecule is COc1ccc(Cl)cc1S(=O)(=O)Nc1cnc2c(c1)CN1C(=O)CC[C@H]1CO2. The van der Waals surface area contributed by atoms with Crippen LogP contribution < -0.4 is 14.2 Å². The van der Waals surface area contributed by atoms with E-state index in [2.05, 4.69) is 9.71 Å². The van der Waals surface area contributed by atoms with Crippen LogP contribution in [0.25, 0.3) is 0 Å². The number of halogens is 1. The minimum absolute atomic E-state index is 0.0255. The van der Waals surface area contributed by atoms with Crippen molar-refractivity contribution in [2.75, 3.05) is 18.4 Å². The van der Waals surface area contributed by atoms with Gasteiger partial charge in [0.25, 0.3) is 10.0 Å². The van der Waals surface area contributed by atoms with Crippen LogP contribution in [0.4, 0.5) is 5.69 Å². The molecule has 4 rings (SSSR count). The van der Waals surface area contributed by atoms with Crippen molar-refractivity contribution in [1.82, 2.24) is 9.88 Å². The van der Waals surface area contributed by atoms with E-state index in [-0.39, 0.29) is 33.3 Å². The first-order valence-electron chi connectivity index (χ1n) is 8.65. The summed E-state index contributed by atoms with van der Waals surface area (Å²) in [6, 6.07) is 6.00. The van der Waals surface area contributed by atoms with Gasteiger partial charge in [0.05, 0.1) is 31.6 Å². The summed E-state index contributed by atoms with van der Waals surface area (Å²) in [5, 5.41) is 0.271. The van der Waals surface area contributed by atoms with E-state index in [1.165, 1.54) is 25.4 Å². The van der Waals surface area contributed by atoms with Crippen molar-refractivity contribution in [3.05, 3.63) is 41.0 Å². The number of aromatic nitrogens is 1. The van der Waals surface area contributed by atoms with Crippen molar-refractivity contribution in [3.63, 3.8) is 0 Å². The summed E-state index contributed by atoms with van der Waals surface area (Å²) in [7, 11) is -2.58. The van der Waals surface area contributed by atoms with E-state index < -0.39 is 10.0 Å². The normalized spacial score (nSPS) is 18.7. The molecule has 1 atom stereocenters. The number of fused-ring (bicyclic) bond motifs is 2. The summed E-state index contributed by atoms with van der Waals surface area (Å²) in [6.45, 7) is 0.721. The molecule has 3 heterocycles. The molecule has 10 heteroatoms. The Morgan fingerprint density at radius 1 is 1.36 bits per heavy atom. The summed E-state index contributed by atoms with van der Waals surface area (Å²) in [5.41, 5.74) is 0.908. The molecule has 1 aromatic carbocycles. The van der Waals surface area contributed by atoms with Crippen LogP contribution in [0, 0.1) is 0 Å². The molecule has 1 fully saturated rings. The molecule has 0 aliphatic carbocycles. The Hall–Kier alpha value is -2.52. The number of pyridine rings is 1. The highest BCUT2D eigenvalue weighted by atomic mass is 35.5. The Kier molecular flexibility index (Phi) is 4.80. The maximum absolute atomic E-state index is 12.8. The number of sulfonamides is 1. The summed E-state index contributed by atoms with van der Waals surface area (Å²) >= 11 is 5.95. The molecule has 0 bridgehead atoms. The average Bonchev–Trinajstić information content (AvgIpc) is 2.90. The second-order valence-electron chi connectivity index (χ2n) is 6.61. The Morgan fingerprint density at radius 3 is 2.96 bits per heavy atom. The average molecular weight is 424 g/mol. The van der Waals surface area contributed by atoms with Crippen molar-refractivity contribution in [1.29, 1.82) is 0 Å². The largest absolute Gasteiger partial charge is 0.495 e. The van der Waals surface area contributed by atoms with E-state index >= 15 is 0 Å². The number of benzene rings is 1. The zero-order chi connectivity index (χ0) is 19.9. The Labute approximate surface area is 167 Å². The maximum atomic E-state index is 12.8. The number of hydrogen-bond acceptors (Lipinski definition) is 6. The van der Waals surface area contributed by atoms with E-state index in [1.807, 2.05) is 0 Å². The third-order valence-electron chi connectivity index (χ3n) is 4.80. The van der Waals surface area contributed by atoms with Gasteiger partial charge in [0.15, 0.2) is 0 Å². The van der Waals surface area contributed by atoms with Gasteiger partial charge in [-0.25, -0.2) is 13.4 Å². The quantitative estimate of drug-likeness (QED) is 0.811. The third-order valence-corrected chi connectivity index (χ3v) is 6.44. The van der Waals surface area contributed by atoms with Gasteiger partial charge in [0, 0.05) is 17.0 Å². The number of nitrogens with one attached hydrogen (secondary N) is 1. The number of anilines is 1.